The Morgan fingerprint density at radius 1 is 1.52 bits per heavy atom. The molecule has 0 aromatic carbocycles. The second kappa shape index (κ2) is 6.53. The van der Waals surface area contributed by atoms with Gasteiger partial charge in [0.05, 0.1) is 23.9 Å². The summed E-state index contributed by atoms with van der Waals surface area (Å²) in [5, 5.41) is 10.1. The number of hydrogen-bond donors (Lipinski definition) is 1. The van der Waals surface area contributed by atoms with Gasteiger partial charge in [-0.2, -0.15) is 0 Å². The molecule has 1 aliphatic heterocycles. The molecule has 1 atom stereocenters. The molecule has 1 fully saturated rings. The molecular formula is C14H20N2O4S. The first kappa shape index (κ1) is 15.9. The summed E-state index contributed by atoms with van der Waals surface area (Å²) in [6, 6.07) is -0.915. The van der Waals surface area contributed by atoms with E-state index in [1.165, 1.54) is 16.2 Å². The van der Waals surface area contributed by atoms with Crippen molar-refractivity contribution in [2.45, 2.75) is 33.2 Å². The summed E-state index contributed by atoms with van der Waals surface area (Å²) in [6.07, 6.45) is 0.824. The number of thiazole rings is 1. The molecule has 1 aromatic rings. The van der Waals surface area contributed by atoms with E-state index in [-0.39, 0.29) is 12.5 Å². The second-order valence-electron chi connectivity index (χ2n) is 5.55. The highest BCUT2D eigenvalue weighted by molar-refractivity contribution is 7.13. The first-order valence-electron chi connectivity index (χ1n) is 6.98. The lowest BCUT2D eigenvalue weighted by molar-refractivity contribution is -0.147. The van der Waals surface area contributed by atoms with E-state index >= 15 is 0 Å². The van der Waals surface area contributed by atoms with E-state index in [1.54, 1.807) is 6.92 Å². The summed E-state index contributed by atoms with van der Waals surface area (Å²) in [7, 11) is 0. The van der Waals surface area contributed by atoms with Gasteiger partial charge in [0, 0.05) is 13.0 Å². The fourth-order valence-corrected chi connectivity index (χ4v) is 3.50. The SMILES string of the molecule is Cc1nc(CC(C)C)sc1C(=O)N1CCOC[C@@H]1C(=O)O. The summed E-state index contributed by atoms with van der Waals surface area (Å²) in [5.74, 6) is -0.822. The lowest BCUT2D eigenvalue weighted by atomic mass is 10.1. The first-order chi connectivity index (χ1) is 9.90. The normalized spacial score (nSPS) is 19.0. The van der Waals surface area contributed by atoms with Crippen molar-refractivity contribution in [3.05, 3.63) is 15.6 Å². The van der Waals surface area contributed by atoms with Crippen LogP contribution in [-0.2, 0) is 16.0 Å². The number of ether oxygens (including phenoxy) is 1. The van der Waals surface area contributed by atoms with Crippen LogP contribution in [0.5, 0.6) is 0 Å². The lowest BCUT2D eigenvalue weighted by Crippen LogP contribution is -2.52. The highest BCUT2D eigenvalue weighted by atomic mass is 32.1. The van der Waals surface area contributed by atoms with Gasteiger partial charge in [0.25, 0.3) is 5.91 Å². The van der Waals surface area contributed by atoms with Crippen molar-refractivity contribution in [2.24, 2.45) is 5.92 Å². The Morgan fingerprint density at radius 2 is 2.24 bits per heavy atom. The van der Waals surface area contributed by atoms with Gasteiger partial charge in [-0.3, -0.25) is 4.79 Å². The number of carboxylic acids is 1. The molecule has 2 rings (SSSR count). The number of aryl methyl sites for hydroxylation is 1. The minimum Gasteiger partial charge on any atom is -0.480 e. The van der Waals surface area contributed by atoms with Crippen LogP contribution in [0.1, 0.15) is 34.2 Å². The minimum absolute atomic E-state index is 0.0395. The number of aromatic nitrogens is 1. The third-order valence-corrected chi connectivity index (χ3v) is 4.46. The monoisotopic (exact) mass is 312 g/mol. The molecule has 0 aliphatic carbocycles. The molecule has 0 saturated carbocycles. The predicted molar refractivity (Wildman–Crippen MR) is 78.7 cm³/mol. The Balaban J connectivity index is 2.22. The maximum Gasteiger partial charge on any atom is 0.328 e. The molecule has 1 aromatic heterocycles. The molecule has 0 radical (unpaired) electrons. The Bertz CT molecular complexity index is 541. The van der Waals surface area contributed by atoms with Crippen LogP contribution in [0, 0.1) is 12.8 Å². The van der Waals surface area contributed by atoms with E-state index in [0.29, 0.717) is 29.6 Å². The second-order valence-corrected chi connectivity index (χ2v) is 6.63. The van der Waals surface area contributed by atoms with Crippen molar-refractivity contribution < 1.29 is 19.4 Å². The molecular weight excluding hydrogens is 292 g/mol. The first-order valence-corrected chi connectivity index (χ1v) is 7.79. The molecule has 116 valence electrons. The third-order valence-electron chi connectivity index (χ3n) is 3.29. The molecule has 2 heterocycles. The summed E-state index contributed by atoms with van der Waals surface area (Å²) in [5.41, 5.74) is 0.677. The number of nitrogens with zero attached hydrogens (tertiary/aromatic N) is 2. The number of carbonyl (C=O) groups is 2. The van der Waals surface area contributed by atoms with Crippen LogP contribution in [0.25, 0.3) is 0 Å². The van der Waals surface area contributed by atoms with E-state index in [1.807, 2.05) is 0 Å². The number of hydrogen-bond acceptors (Lipinski definition) is 5. The van der Waals surface area contributed by atoms with Gasteiger partial charge in [-0.1, -0.05) is 13.8 Å². The third kappa shape index (κ3) is 3.59. The summed E-state index contributed by atoms with van der Waals surface area (Å²) in [4.78, 5) is 30.2. The molecule has 0 unspecified atom stereocenters. The van der Waals surface area contributed by atoms with Crippen LogP contribution < -0.4 is 0 Å². The zero-order valence-corrected chi connectivity index (χ0v) is 13.3. The fourth-order valence-electron chi connectivity index (χ4n) is 2.27. The summed E-state index contributed by atoms with van der Waals surface area (Å²) in [6.45, 7) is 6.70. The van der Waals surface area contributed by atoms with Crippen molar-refractivity contribution >= 4 is 23.2 Å². The van der Waals surface area contributed by atoms with Gasteiger partial charge in [0.2, 0.25) is 0 Å². The molecule has 7 heteroatoms. The Labute approximate surface area is 127 Å². The predicted octanol–water partition coefficient (Wildman–Crippen LogP) is 1.58. The average Bonchev–Trinajstić information content (AvgIpc) is 2.77. The minimum atomic E-state index is -1.03. The zero-order valence-electron chi connectivity index (χ0n) is 12.5. The number of rotatable bonds is 4. The topological polar surface area (TPSA) is 79.7 Å². The summed E-state index contributed by atoms with van der Waals surface area (Å²) >= 11 is 1.37. The van der Waals surface area contributed by atoms with Gasteiger partial charge in [-0.15, -0.1) is 11.3 Å². The molecule has 0 bridgehead atoms. The van der Waals surface area contributed by atoms with Crippen molar-refractivity contribution in [2.75, 3.05) is 19.8 Å². The largest absolute Gasteiger partial charge is 0.480 e. The average molecular weight is 312 g/mol. The number of carbonyl (C=O) groups excluding carboxylic acids is 1. The molecule has 1 amide bonds. The molecule has 21 heavy (non-hydrogen) atoms. The lowest BCUT2D eigenvalue weighted by Gasteiger charge is -2.32. The van der Waals surface area contributed by atoms with Gasteiger partial charge in [0.15, 0.2) is 6.04 Å². The van der Waals surface area contributed by atoms with Crippen molar-refractivity contribution in [1.82, 2.24) is 9.88 Å². The van der Waals surface area contributed by atoms with Crippen LogP contribution in [0.3, 0.4) is 0 Å². The Morgan fingerprint density at radius 3 is 2.86 bits per heavy atom. The quantitative estimate of drug-likeness (QED) is 0.913. The molecule has 6 nitrogen and oxygen atoms in total. The molecule has 1 aliphatic rings. The number of morpholine rings is 1. The van der Waals surface area contributed by atoms with Crippen LogP contribution in [0.2, 0.25) is 0 Å². The van der Waals surface area contributed by atoms with Gasteiger partial charge in [-0.05, 0) is 12.8 Å². The smallest absolute Gasteiger partial charge is 0.328 e. The van der Waals surface area contributed by atoms with Gasteiger partial charge < -0.3 is 14.7 Å². The van der Waals surface area contributed by atoms with E-state index in [9.17, 15) is 14.7 Å². The highest BCUT2D eigenvalue weighted by Gasteiger charge is 2.34. The van der Waals surface area contributed by atoms with E-state index in [2.05, 4.69) is 18.8 Å². The van der Waals surface area contributed by atoms with E-state index < -0.39 is 12.0 Å². The van der Waals surface area contributed by atoms with Crippen molar-refractivity contribution in [3.63, 3.8) is 0 Å². The Kier molecular flexibility index (Phi) is 4.95. The van der Waals surface area contributed by atoms with Crippen LogP contribution >= 0.6 is 11.3 Å². The van der Waals surface area contributed by atoms with Crippen molar-refractivity contribution in [1.29, 1.82) is 0 Å². The van der Waals surface area contributed by atoms with Crippen molar-refractivity contribution in [3.8, 4) is 0 Å². The standard InChI is InChI=1S/C14H20N2O4S/c1-8(2)6-11-15-9(3)12(21-11)13(17)16-4-5-20-7-10(16)14(18)19/h8,10H,4-7H2,1-3H3,(H,18,19)/t10-/m1/s1. The maximum atomic E-state index is 12.6. The molecule has 1 N–H and O–H groups in total. The number of carboxylic acid groups (broad SMARTS) is 1. The van der Waals surface area contributed by atoms with E-state index in [0.717, 1.165) is 11.4 Å². The number of aliphatic carboxylic acids is 1. The fraction of sp³-hybridized carbons (Fsp3) is 0.643. The van der Waals surface area contributed by atoms with Crippen LogP contribution in [-0.4, -0.2) is 52.7 Å². The van der Waals surface area contributed by atoms with E-state index in [4.69, 9.17) is 4.74 Å². The summed E-state index contributed by atoms with van der Waals surface area (Å²) < 4.78 is 5.16. The van der Waals surface area contributed by atoms with Gasteiger partial charge >= 0.3 is 5.97 Å². The molecule has 0 spiro atoms. The highest BCUT2D eigenvalue weighted by Crippen LogP contribution is 2.24. The van der Waals surface area contributed by atoms with Gasteiger partial charge in [-0.25, -0.2) is 9.78 Å². The molecule has 1 saturated heterocycles. The zero-order chi connectivity index (χ0) is 15.6. The van der Waals surface area contributed by atoms with Crippen LogP contribution in [0.15, 0.2) is 0 Å². The Hall–Kier alpha value is -1.47. The number of amides is 1. The van der Waals surface area contributed by atoms with Crippen LogP contribution in [0.4, 0.5) is 0 Å². The maximum absolute atomic E-state index is 12.6. The van der Waals surface area contributed by atoms with Gasteiger partial charge in [0.1, 0.15) is 4.88 Å².